The average Bonchev–Trinajstić information content (AvgIpc) is 2.32. The van der Waals surface area contributed by atoms with Gasteiger partial charge >= 0.3 is 7.12 Å². The Balaban J connectivity index is 2.59. The molecule has 12 heavy (non-hydrogen) atoms. The first-order valence-electron chi connectivity index (χ1n) is 3.96. The van der Waals surface area contributed by atoms with Crippen LogP contribution < -0.4 is 5.73 Å². The van der Waals surface area contributed by atoms with E-state index in [1.165, 1.54) is 4.90 Å². The van der Waals surface area contributed by atoms with Crippen molar-refractivity contribution >= 4 is 13.0 Å². The summed E-state index contributed by atoms with van der Waals surface area (Å²) in [4.78, 5) is 12.6. The third kappa shape index (κ3) is 1.60. The Labute approximate surface area is 71.3 Å². The highest BCUT2D eigenvalue weighted by atomic mass is 16.4. The number of nitrogens with zero attached hydrogens (tertiary/aromatic N) is 1. The highest BCUT2D eigenvalue weighted by molar-refractivity contribution is 6.43. The van der Waals surface area contributed by atoms with Crippen molar-refractivity contribution in [1.29, 1.82) is 0 Å². The van der Waals surface area contributed by atoms with E-state index < -0.39 is 19.1 Å². The molecule has 0 bridgehead atoms. The van der Waals surface area contributed by atoms with Gasteiger partial charge in [0.1, 0.15) is 0 Å². The number of likely N-dealkylation sites (tertiary alicyclic amines) is 1. The number of rotatable bonds is 2. The summed E-state index contributed by atoms with van der Waals surface area (Å²) < 4.78 is 0. The highest BCUT2D eigenvalue weighted by Gasteiger charge is 2.36. The maximum absolute atomic E-state index is 11.2. The Morgan fingerprint density at radius 3 is 2.67 bits per heavy atom. The lowest BCUT2D eigenvalue weighted by atomic mass is 9.80. The molecule has 1 aliphatic rings. The molecule has 0 aliphatic carbocycles. The standard InChI is InChI=1S/C6H13BN2O3/c1-4(7(11)12)9-3-2-5(8)6(9)10/h4-5,11-12H,2-3,8H2,1H3/t4-,5-/m0/s1. The lowest BCUT2D eigenvalue weighted by molar-refractivity contribution is -0.129. The van der Waals surface area contributed by atoms with Gasteiger partial charge in [-0.1, -0.05) is 0 Å². The van der Waals surface area contributed by atoms with Crippen LogP contribution in [0.2, 0.25) is 0 Å². The molecule has 0 aromatic carbocycles. The van der Waals surface area contributed by atoms with E-state index in [9.17, 15) is 4.79 Å². The molecule has 1 aliphatic heterocycles. The number of nitrogens with two attached hydrogens (primary N) is 1. The molecule has 0 aromatic rings. The number of carbonyl (C=O) groups excluding carboxylic acids is 1. The van der Waals surface area contributed by atoms with E-state index in [1.807, 2.05) is 0 Å². The normalized spacial score (nSPS) is 26.2. The van der Waals surface area contributed by atoms with Crippen LogP contribution in [0.3, 0.4) is 0 Å². The van der Waals surface area contributed by atoms with Gasteiger partial charge in [-0.15, -0.1) is 0 Å². The maximum Gasteiger partial charge on any atom is 0.475 e. The van der Waals surface area contributed by atoms with E-state index in [2.05, 4.69) is 0 Å². The predicted octanol–water partition coefficient (Wildman–Crippen LogP) is -2.05. The summed E-state index contributed by atoms with van der Waals surface area (Å²) in [7, 11) is -1.49. The van der Waals surface area contributed by atoms with Gasteiger partial charge in [-0.05, 0) is 13.3 Å². The minimum Gasteiger partial charge on any atom is -0.426 e. The zero-order chi connectivity index (χ0) is 9.30. The molecule has 1 saturated heterocycles. The molecule has 1 amide bonds. The molecule has 2 atom stereocenters. The Kier molecular flexibility index (Phi) is 2.71. The van der Waals surface area contributed by atoms with Crippen LogP contribution in [0.15, 0.2) is 0 Å². The van der Waals surface area contributed by atoms with Crippen molar-refractivity contribution in [2.75, 3.05) is 6.54 Å². The van der Waals surface area contributed by atoms with Crippen LogP contribution in [0, 0.1) is 0 Å². The maximum atomic E-state index is 11.2. The van der Waals surface area contributed by atoms with Crippen molar-refractivity contribution in [2.24, 2.45) is 5.73 Å². The summed E-state index contributed by atoms with van der Waals surface area (Å²) in [6.45, 7) is 2.10. The van der Waals surface area contributed by atoms with Gasteiger partial charge in [-0.2, -0.15) is 0 Å². The largest absolute Gasteiger partial charge is 0.475 e. The zero-order valence-corrected chi connectivity index (χ0v) is 6.97. The first-order chi connectivity index (χ1) is 5.54. The Morgan fingerprint density at radius 1 is 1.75 bits per heavy atom. The fourth-order valence-electron chi connectivity index (χ4n) is 1.29. The molecular formula is C6H13BN2O3. The number of hydrogen-bond acceptors (Lipinski definition) is 4. The first kappa shape index (κ1) is 9.50. The number of hydrogen-bond donors (Lipinski definition) is 3. The van der Waals surface area contributed by atoms with Crippen molar-refractivity contribution < 1.29 is 14.8 Å². The van der Waals surface area contributed by atoms with Crippen LogP contribution in [0.1, 0.15) is 13.3 Å². The van der Waals surface area contributed by atoms with E-state index in [0.717, 1.165) is 0 Å². The van der Waals surface area contributed by atoms with Gasteiger partial charge in [0, 0.05) is 6.54 Å². The van der Waals surface area contributed by atoms with E-state index >= 15 is 0 Å². The highest BCUT2D eigenvalue weighted by Crippen LogP contribution is 2.13. The van der Waals surface area contributed by atoms with Gasteiger partial charge < -0.3 is 20.7 Å². The van der Waals surface area contributed by atoms with Crippen LogP contribution in [0.5, 0.6) is 0 Å². The van der Waals surface area contributed by atoms with E-state index in [-0.39, 0.29) is 5.91 Å². The number of carbonyl (C=O) groups is 1. The van der Waals surface area contributed by atoms with Gasteiger partial charge in [0.15, 0.2) is 0 Å². The van der Waals surface area contributed by atoms with Gasteiger partial charge in [0.05, 0.1) is 12.0 Å². The molecule has 0 aromatic heterocycles. The number of amides is 1. The summed E-state index contributed by atoms with van der Waals surface area (Å²) in [6, 6.07) is -0.466. The van der Waals surface area contributed by atoms with Crippen molar-refractivity contribution in [1.82, 2.24) is 4.90 Å². The van der Waals surface area contributed by atoms with Crippen LogP contribution >= 0.6 is 0 Å². The van der Waals surface area contributed by atoms with Crippen molar-refractivity contribution in [2.45, 2.75) is 25.3 Å². The summed E-state index contributed by atoms with van der Waals surface area (Å²) in [5.41, 5.74) is 5.45. The summed E-state index contributed by atoms with van der Waals surface area (Å²) in [5, 5.41) is 17.6. The van der Waals surface area contributed by atoms with Gasteiger partial charge in [0.25, 0.3) is 0 Å². The van der Waals surface area contributed by atoms with Gasteiger partial charge in [0.2, 0.25) is 5.91 Å². The third-order valence-corrected chi connectivity index (χ3v) is 2.20. The van der Waals surface area contributed by atoms with Gasteiger partial charge in [-0.3, -0.25) is 4.79 Å². The lowest BCUT2D eigenvalue weighted by Crippen LogP contribution is -2.47. The SMILES string of the molecule is C[C@@H](B(O)O)N1CC[C@H](N)C1=O. The lowest BCUT2D eigenvalue weighted by Gasteiger charge is -2.23. The van der Waals surface area contributed by atoms with E-state index in [1.54, 1.807) is 6.92 Å². The van der Waals surface area contributed by atoms with Crippen LogP contribution in [0.4, 0.5) is 0 Å². The molecule has 1 heterocycles. The van der Waals surface area contributed by atoms with Crippen molar-refractivity contribution in [3.63, 3.8) is 0 Å². The minimum atomic E-state index is -1.49. The predicted molar refractivity (Wildman–Crippen MR) is 44.0 cm³/mol. The summed E-state index contributed by atoms with van der Waals surface area (Å²) in [5.74, 6) is -0.762. The quantitative estimate of drug-likeness (QED) is 0.418. The van der Waals surface area contributed by atoms with E-state index in [4.69, 9.17) is 15.8 Å². The third-order valence-electron chi connectivity index (χ3n) is 2.20. The second-order valence-electron chi connectivity index (χ2n) is 3.08. The molecule has 6 heteroatoms. The van der Waals surface area contributed by atoms with E-state index in [0.29, 0.717) is 13.0 Å². The molecule has 0 saturated carbocycles. The molecule has 68 valence electrons. The van der Waals surface area contributed by atoms with Crippen molar-refractivity contribution in [3.8, 4) is 0 Å². The van der Waals surface area contributed by atoms with Gasteiger partial charge in [-0.25, -0.2) is 0 Å². The monoisotopic (exact) mass is 172 g/mol. The van der Waals surface area contributed by atoms with Crippen LogP contribution in [-0.2, 0) is 4.79 Å². The average molecular weight is 172 g/mol. The smallest absolute Gasteiger partial charge is 0.426 e. The fraction of sp³-hybridized carbons (Fsp3) is 0.833. The molecule has 4 N–H and O–H groups in total. The van der Waals surface area contributed by atoms with Crippen LogP contribution in [-0.4, -0.2) is 46.5 Å². The fourth-order valence-corrected chi connectivity index (χ4v) is 1.29. The molecule has 0 unspecified atom stereocenters. The Bertz CT molecular complexity index is 188. The molecule has 1 fully saturated rings. The minimum absolute atomic E-state index is 0.199. The Hall–Kier alpha value is -0.585. The molecular weight excluding hydrogens is 159 g/mol. The molecule has 0 spiro atoms. The topological polar surface area (TPSA) is 86.8 Å². The molecule has 1 rings (SSSR count). The second kappa shape index (κ2) is 3.43. The summed E-state index contributed by atoms with van der Waals surface area (Å²) >= 11 is 0. The van der Waals surface area contributed by atoms with Crippen molar-refractivity contribution in [3.05, 3.63) is 0 Å². The second-order valence-corrected chi connectivity index (χ2v) is 3.08. The molecule has 0 radical (unpaired) electrons. The molecule has 5 nitrogen and oxygen atoms in total. The van der Waals surface area contributed by atoms with Crippen LogP contribution in [0.25, 0.3) is 0 Å². The summed E-state index contributed by atoms with van der Waals surface area (Å²) in [6.07, 6.45) is 0.593. The Morgan fingerprint density at radius 2 is 2.33 bits per heavy atom. The first-order valence-corrected chi connectivity index (χ1v) is 3.96. The zero-order valence-electron chi connectivity index (χ0n) is 6.97.